The Balaban J connectivity index is 1.40. The predicted octanol–water partition coefficient (Wildman–Crippen LogP) is 5.85. The summed E-state index contributed by atoms with van der Waals surface area (Å²) in [4.78, 5) is 32.4. The fourth-order valence-electron chi connectivity index (χ4n) is 4.69. The van der Waals surface area contributed by atoms with Gasteiger partial charge in [0.25, 0.3) is 0 Å². The van der Waals surface area contributed by atoms with Crippen LogP contribution in [0.15, 0.2) is 109 Å². The van der Waals surface area contributed by atoms with Crippen molar-refractivity contribution in [1.82, 2.24) is 9.80 Å². The zero-order valence-corrected chi connectivity index (χ0v) is 22.4. The molecule has 0 bridgehead atoms. The number of benzene rings is 3. The van der Waals surface area contributed by atoms with Crippen LogP contribution >= 0.6 is 11.3 Å². The van der Waals surface area contributed by atoms with E-state index in [0.29, 0.717) is 24.6 Å². The molecule has 0 aliphatic carbocycles. The monoisotopic (exact) mass is 538 g/mol. The average Bonchev–Trinajstić information content (AvgIpc) is 3.66. The molecule has 2 heterocycles. The van der Waals surface area contributed by atoms with Crippen molar-refractivity contribution in [3.05, 3.63) is 131 Å². The number of ether oxygens (including phenoxy) is 2. The smallest absolute Gasteiger partial charge is 0.242 e. The Morgan fingerprint density at radius 1 is 0.846 bits per heavy atom. The second kappa shape index (κ2) is 12.5. The number of carbonyl (C=O) groups is 2. The van der Waals surface area contributed by atoms with Gasteiger partial charge in [-0.3, -0.25) is 9.59 Å². The lowest BCUT2D eigenvalue weighted by molar-refractivity contribution is -0.141. The highest BCUT2D eigenvalue weighted by atomic mass is 32.1. The van der Waals surface area contributed by atoms with Gasteiger partial charge in [-0.1, -0.05) is 78.9 Å². The molecule has 3 aromatic carbocycles. The van der Waals surface area contributed by atoms with Crippen LogP contribution in [0.3, 0.4) is 0 Å². The molecule has 0 N–H and O–H groups in total. The standard InChI is InChI=1S/C32H30N2O4S/c1-2-17-33(32(36)31(25-10-5-3-6-11-25)26-12-7-4-8-13-26)22-30(35)34(21-27-14-9-18-39-27)20-24-15-16-28-29(19-24)38-23-37-28/h2-16,18-19,31H,1,17,20-23H2. The van der Waals surface area contributed by atoms with Gasteiger partial charge in [0.2, 0.25) is 18.6 Å². The summed E-state index contributed by atoms with van der Waals surface area (Å²) in [6.45, 7) is 5.08. The number of carbonyl (C=O) groups excluding carboxylic acids is 2. The fourth-order valence-corrected chi connectivity index (χ4v) is 5.40. The highest BCUT2D eigenvalue weighted by molar-refractivity contribution is 7.09. The van der Waals surface area contributed by atoms with Crippen molar-refractivity contribution in [3.8, 4) is 11.5 Å². The van der Waals surface area contributed by atoms with Crippen molar-refractivity contribution in [3.63, 3.8) is 0 Å². The van der Waals surface area contributed by atoms with E-state index in [1.165, 1.54) is 0 Å². The number of thiophene rings is 1. The molecule has 4 aromatic rings. The van der Waals surface area contributed by atoms with Crippen LogP contribution in [0.4, 0.5) is 0 Å². The summed E-state index contributed by atoms with van der Waals surface area (Å²) >= 11 is 1.60. The van der Waals surface area contributed by atoms with E-state index in [9.17, 15) is 9.59 Å². The van der Waals surface area contributed by atoms with Crippen LogP contribution < -0.4 is 9.47 Å². The molecule has 0 unspecified atom stereocenters. The van der Waals surface area contributed by atoms with Crippen molar-refractivity contribution in [1.29, 1.82) is 0 Å². The van der Waals surface area contributed by atoms with Crippen LogP contribution in [0.5, 0.6) is 11.5 Å². The fraction of sp³-hybridized carbons (Fsp3) is 0.188. The molecule has 7 heteroatoms. The molecule has 0 radical (unpaired) electrons. The first-order chi connectivity index (χ1) is 19.1. The van der Waals surface area contributed by atoms with Gasteiger partial charge >= 0.3 is 0 Å². The van der Waals surface area contributed by atoms with Gasteiger partial charge in [-0.25, -0.2) is 0 Å². The Morgan fingerprint density at radius 2 is 1.54 bits per heavy atom. The van der Waals surface area contributed by atoms with E-state index < -0.39 is 5.92 Å². The van der Waals surface area contributed by atoms with Crippen molar-refractivity contribution in [2.45, 2.75) is 19.0 Å². The molecular weight excluding hydrogens is 508 g/mol. The van der Waals surface area contributed by atoms with E-state index in [1.54, 1.807) is 27.2 Å². The molecule has 39 heavy (non-hydrogen) atoms. The van der Waals surface area contributed by atoms with E-state index in [2.05, 4.69) is 6.58 Å². The van der Waals surface area contributed by atoms with Crippen molar-refractivity contribution < 1.29 is 19.1 Å². The summed E-state index contributed by atoms with van der Waals surface area (Å²) in [5, 5.41) is 2.00. The molecule has 5 rings (SSSR count). The molecule has 2 amide bonds. The first kappa shape index (κ1) is 26.3. The van der Waals surface area contributed by atoms with Gasteiger partial charge in [-0.2, -0.15) is 0 Å². The van der Waals surface area contributed by atoms with Crippen LogP contribution in [0.25, 0.3) is 0 Å². The van der Waals surface area contributed by atoms with E-state index >= 15 is 0 Å². The van der Waals surface area contributed by atoms with Crippen LogP contribution in [-0.4, -0.2) is 41.5 Å². The zero-order chi connectivity index (χ0) is 27.0. The molecule has 1 aliphatic rings. The van der Waals surface area contributed by atoms with E-state index in [1.807, 2.05) is 96.4 Å². The van der Waals surface area contributed by atoms with Gasteiger partial charge in [0.15, 0.2) is 11.5 Å². The lowest BCUT2D eigenvalue weighted by Crippen LogP contribution is -2.44. The maximum atomic E-state index is 14.1. The number of fused-ring (bicyclic) bond motifs is 1. The van der Waals surface area contributed by atoms with Crippen LogP contribution in [0, 0.1) is 0 Å². The van der Waals surface area contributed by atoms with Crippen LogP contribution in [0.1, 0.15) is 27.5 Å². The third-order valence-corrected chi connectivity index (χ3v) is 7.45. The van der Waals surface area contributed by atoms with Crippen molar-refractivity contribution in [2.24, 2.45) is 0 Å². The summed E-state index contributed by atoms with van der Waals surface area (Å²) in [6, 6.07) is 29.1. The highest BCUT2D eigenvalue weighted by Gasteiger charge is 2.29. The molecule has 198 valence electrons. The summed E-state index contributed by atoms with van der Waals surface area (Å²) in [5.74, 6) is 0.564. The highest BCUT2D eigenvalue weighted by Crippen LogP contribution is 2.33. The molecule has 1 aromatic heterocycles. The van der Waals surface area contributed by atoms with Gasteiger partial charge in [0.05, 0.1) is 12.5 Å². The first-order valence-electron chi connectivity index (χ1n) is 12.8. The van der Waals surface area contributed by atoms with Crippen LogP contribution in [0.2, 0.25) is 0 Å². The minimum absolute atomic E-state index is 0.0586. The molecule has 0 atom stereocenters. The average molecular weight is 539 g/mol. The van der Waals surface area contributed by atoms with Gasteiger partial charge in [0.1, 0.15) is 6.54 Å². The minimum Gasteiger partial charge on any atom is -0.454 e. The Bertz CT molecular complexity index is 1370. The largest absolute Gasteiger partial charge is 0.454 e. The number of amides is 2. The molecule has 0 saturated carbocycles. The second-order valence-electron chi connectivity index (χ2n) is 9.28. The molecule has 1 aliphatic heterocycles. The van der Waals surface area contributed by atoms with Crippen LogP contribution in [-0.2, 0) is 22.7 Å². The third-order valence-electron chi connectivity index (χ3n) is 6.59. The quantitative estimate of drug-likeness (QED) is 0.225. The van der Waals surface area contributed by atoms with Gasteiger partial charge in [-0.15, -0.1) is 17.9 Å². The molecule has 0 fully saturated rings. The Hall–Kier alpha value is -4.36. The summed E-state index contributed by atoms with van der Waals surface area (Å²) < 4.78 is 11.0. The zero-order valence-electron chi connectivity index (χ0n) is 21.6. The van der Waals surface area contributed by atoms with E-state index in [0.717, 1.165) is 21.6 Å². The van der Waals surface area contributed by atoms with Gasteiger partial charge in [-0.05, 0) is 40.3 Å². The third kappa shape index (κ3) is 6.38. The van der Waals surface area contributed by atoms with Crippen molar-refractivity contribution in [2.75, 3.05) is 19.9 Å². The normalized spacial score (nSPS) is 11.8. The van der Waals surface area contributed by atoms with Crippen molar-refractivity contribution >= 4 is 23.2 Å². The molecule has 6 nitrogen and oxygen atoms in total. The predicted molar refractivity (Wildman–Crippen MR) is 153 cm³/mol. The maximum absolute atomic E-state index is 14.1. The minimum atomic E-state index is -0.528. The number of hydrogen-bond donors (Lipinski definition) is 0. The summed E-state index contributed by atoms with van der Waals surface area (Å²) in [6.07, 6.45) is 1.67. The SMILES string of the molecule is C=CCN(CC(=O)N(Cc1ccc2c(c1)OCO2)Cc1cccs1)C(=O)C(c1ccccc1)c1ccccc1. The van der Waals surface area contributed by atoms with E-state index in [4.69, 9.17) is 9.47 Å². The number of rotatable bonds is 11. The first-order valence-corrected chi connectivity index (χ1v) is 13.7. The lowest BCUT2D eigenvalue weighted by Gasteiger charge is -2.30. The topological polar surface area (TPSA) is 59.1 Å². The van der Waals surface area contributed by atoms with Gasteiger partial charge < -0.3 is 19.3 Å². The Labute approximate surface area is 232 Å². The second-order valence-corrected chi connectivity index (χ2v) is 10.3. The van der Waals surface area contributed by atoms with E-state index in [-0.39, 0.29) is 31.7 Å². The maximum Gasteiger partial charge on any atom is 0.242 e. The van der Waals surface area contributed by atoms with Gasteiger partial charge in [0, 0.05) is 18.0 Å². The summed E-state index contributed by atoms with van der Waals surface area (Å²) in [7, 11) is 0. The molecule has 0 saturated heterocycles. The molecular formula is C32H30N2O4S. The number of nitrogens with zero attached hydrogens (tertiary/aromatic N) is 2. The lowest BCUT2D eigenvalue weighted by atomic mass is 9.90. The molecule has 0 spiro atoms. The summed E-state index contributed by atoms with van der Waals surface area (Å²) in [5.41, 5.74) is 2.69. The Morgan fingerprint density at radius 3 is 2.18 bits per heavy atom. The number of hydrogen-bond acceptors (Lipinski definition) is 5. The Kier molecular flexibility index (Phi) is 8.39.